The van der Waals surface area contributed by atoms with Crippen molar-refractivity contribution in [3.63, 3.8) is 0 Å². The van der Waals surface area contributed by atoms with Crippen LogP contribution < -0.4 is 5.32 Å². The van der Waals surface area contributed by atoms with Crippen LogP contribution in [0.5, 0.6) is 0 Å². The highest BCUT2D eigenvalue weighted by atomic mass is 15.2. The maximum atomic E-state index is 4.57. The molecule has 1 heterocycles. The molecular weight excluding hydrogens is 224 g/mol. The van der Waals surface area contributed by atoms with Gasteiger partial charge in [0.1, 0.15) is 0 Å². The van der Waals surface area contributed by atoms with E-state index < -0.39 is 0 Å². The number of nitrogens with zero attached hydrogens (tertiary/aromatic N) is 3. The fraction of sp³-hybridized carbons (Fsp3) is 0.786. The van der Waals surface area contributed by atoms with Gasteiger partial charge in [-0.05, 0) is 45.8 Å². The molecule has 1 fully saturated rings. The summed E-state index contributed by atoms with van der Waals surface area (Å²) in [5, 5.41) is 3.48. The minimum Gasteiger partial charge on any atom is -0.356 e. The Balaban J connectivity index is 1.76. The summed E-state index contributed by atoms with van der Waals surface area (Å²) < 4.78 is 2.31. The minimum atomic E-state index is 0.705. The largest absolute Gasteiger partial charge is 0.356 e. The zero-order valence-electron chi connectivity index (χ0n) is 11.9. The fourth-order valence-corrected chi connectivity index (χ4v) is 2.32. The van der Waals surface area contributed by atoms with E-state index in [9.17, 15) is 0 Å². The number of anilines is 1. The number of hydrogen-bond donors (Lipinski definition) is 1. The van der Waals surface area contributed by atoms with Crippen LogP contribution in [0.3, 0.4) is 0 Å². The molecule has 1 aliphatic carbocycles. The summed E-state index contributed by atoms with van der Waals surface area (Å²) in [5.74, 6) is 1.06. The summed E-state index contributed by atoms with van der Waals surface area (Å²) in [5.41, 5.74) is 1.12. The van der Waals surface area contributed by atoms with Gasteiger partial charge in [0.05, 0.1) is 5.69 Å². The maximum Gasteiger partial charge on any atom is 0.203 e. The lowest BCUT2D eigenvalue weighted by atomic mass is 10.3. The lowest BCUT2D eigenvalue weighted by Crippen LogP contribution is -2.25. The highest BCUT2D eigenvalue weighted by molar-refractivity contribution is 5.30. The van der Waals surface area contributed by atoms with Crippen molar-refractivity contribution >= 4 is 5.95 Å². The van der Waals surface area contributed by atoms with Crippen molar-refractivity contribution in [1.29, 1.82) is 0 Å². The van der Waals surface area contributed by atoms with E-state index in [0.29, 0.717) is 6.04 Å². The van der Waals surface area contributed by atoms with Crippen LogP contribution in [-0.2, 0) is 0 Å². The third-order valence-corrected chi connectivity index (χ3v) is 3.62. The quantitative estimate of drug-likeness (QED) is 0.720. The van der Waals surface area contributed by atoms with E-state index in [1.807, 2.05) is 0 Å². The maximum absolute atomic E-state index is 4.57. The van der Waals surface area contributed by atoms with Crippen molar-refractivity contribution in [1.82, 2.24) is 14.5 Å². The molecule has 0 aliphatic heterocycles. The van der Waals surface area contributed by atoms with Gasteiger partial charge >= 0.3 is 0 Å². The van der Waals surface area contributed by atoms with Crippen LogP contribution in [0.15, 0.2) is 6.20 Å². The van der Waals surface area contributed by atoms with Gasteiger partial charge < -0.3 is 14.8 Å². The van der Waals surface area contributed by atoms with Crippen LogP contribution in [0.4, 0.5) is 5.95 Å². The Morgan fingerprint density at radius 3 is 2.72 bits per heavy atom. The first-order valence-electron chi connectivity index (χ1n) is 7.26. The predicted molar refractivity (Wildman–Crippen MR) is 76.1 cm³/mol. The van der Waals surface area contributed by atoms with Gasteiger partial charge in [-0.25, -0.2) is 4.98 Å². The Hall–Kier alpha value is -1.03. The van der Waals surface area contributed by atoms with Gasteiger partial charge in [-0.1, -0.05) is 13.8 Å². The van der Waals surface area contributed by atoms with Crippen LogP contribution in [0.1, 0.15) is 44.8 Å². The van der Waals surface area contributed by atoms with E-state index in [1.165, 1.54) is 25.8 Å². The molecule has 1 saturated carbocycles. The van der Waals surface area contributed by atoms with Gasteiger partial charge in [0.25, 0.3) is 0 Å². The average molecular weight is 250 g/mol. The van der Waals surface area contributed by atoms with E-state index in [0.717, 1.165) is 31.3 Å². The lowest BCUT2D eigenvalue weighted by molar-refractivity contribution is 0.303. The third-order valence-electron chi connectivity index (χ3n) is 3.62. The Kier molecular flexibility index (Phi) is 4.64. The Bertz CT molecular complexity index is 364. The molecule has 0 saturated heterocycles. The zero-order chi connectivity index (χ0) is 13.0. The second-order valence-electron chi connectivity index (χ2n) is 5.15. The molecule has 0 radical (unpaired) electrons. The van der Waals surface area contributed by atoms with E-state index in [2.05, 4.69) is 46.7 Å². The smallest absolute Gasteiger partial charge is 0.203 e. The summed E-state index contributed by atoms with van der Waals surface area (Å²) >= 11 is 0. The summed E-state index contributed by atoms with van der Waals surface area (Å²) in [4.78, 5) is 7.03. The standard InChI is InChI=1S/C14H26N4/c1-4-17(5-2)10-6-9-15-14-16-12(3)11-18(14)13-7-8-13/h11,13H,4-10H2,1-3H3,(H,15,16). The van der Waals surface area contributed by atoms with Gasteiger partial charge in [-0.2, -0.15) is 0 Å². The second-order valence-corrected chi connectivity index (χ2v) is 5.15. The Labute approximate surface area is 110 Å². The van der Waals surface area contributed by atoms with Crippen LogP contribution in [0.25, 0.3) is 0 Å². The molecular formula is C14H26N4. The van der Waals surface area contributed by atoms with Crippen LogP contribution in [-0.4, -0.2) is 40.6 Å². The highest BCUT2D eigenvalue weighted by Crippen LogP contribution is 2.37. The molecule has 0 amide bonds. The number of hydrogen-bond acceptors (Lipinski definition) is 3. The first-order valence-corrected chi connectivity index (χ1v) is 7.26. The van der Waals surface area contributed by atoms with Crippen LogP contribution in [0.2, 0.25) is 0 Å². The summed E-state index contributed by atoms with van der Waals surface area (Å²) in [6, 6.07) is 0.705. The number of aryl methyl sites for hydroxylation is 1. The predicted octanol–water partition coefficient (Wildman–Crippen LogP) is 2.67. The highest BCUT2D eigenvalue weighted by Gasteiger charge is 2.25. The summed E-state index contributed by atoms with van der Waals surface area (Å²) in [6.45, 7) is 11.0. The van der Waals surface area contributed by atoms with Crippen molar-refractivity contribution in [2.75, 3.05) is 31.5 Å². The molecule has 0 atom stereocenters. The zero-order valence-corrected chi connectivity index (χ0v) is 11.9. The van der Waals surface area contributed by atoms with Gasteiger partial charge in [-0.15, -0.1) is 0 Å². The molecule has 4 heteroatoms. The normalized spacial score (nSPS) is 15.3. The van der Waals surface area contributed by atoms with Gasteiger partial charge in [0.15, 0.2) is 0 Å². The van der Waals surface area contributed by atoms with E-state index in [4.69, 9.17) is 0 Å². The fourth-order valence-electron chi connectivity index (χ4n) is 2.32. The first kappa shape index (κ1) is 13.4. The molecule has 0 bridgehead atoms. The number of nitrogens with one attached hydrogen (secondary N) is 1. The molecule has 1 N–H and O–H groups in total. The van der Waals surface area contributed by atoms with E-state index >= 15 is 0 Å². The van der Waals surface area contributed by atoms with Crippen molar-refractivity contribution in [3.05, 3.63) is 11.9 Å². The van der Waals surface area contributed by atoms with E-state index in [-0.39, 0.29) is 0 Å². The Morgan fingerprint density at radius 2 is 2.11 bits per heavy atom. The van der Waals surface area contributed by atoms with Crippen molar-refractivity contribution < 1.29 is 0 Å². The number of aromatic nitrogens is 2. The molecule has 102 valence electrons. The molecule has 1 aliphatic rings. The molecule has 0 spiro atoms. The third kappa shape index (κ3) is 3.48. The molecule has 1 aromatic heterocycles. The van der Waals surface area contributed by atoms with Crippen molar-refractivity contribution in [2.45, 2.75) is 46.1 Å². The monoisotopic (exact) mass is 250 g/mol. The average Bonchev–Trinajstić information content (AvgIpc) is 3.14. The second kappa shape index (κ2) is 6.23. The topological polar surface area (TPSA) is 33.1 Å². The summed E-state index contributed by atoms with van der Waals surface area (Å²) in [6.07, 6.45) is 5.97. The SMILES string of the molecule is CCN(CC)CCCNc1nc(C)cn1C1CC1. The molecule has 18 heavy (non-hydrogen) atoms. The molecule has 0 unspecified atom stereocenters. The van der Waals surface area contributed by atoms with Crippen molar-refractivity contribution in [3.8, 4) is 0 Å². The number of imidazole rings is 1. The van der Waals surface area contributed by atoms with Gasteiger partial charge in [0.2, 0.25) is 5.95 Å². The van der Waals surface area contributed by atoms with Gasteiger partial charge in [0, 0.05) is 18.8 Å². The van der Waals surface area contributed by atoms with E-state index in [1.54, 1.807) is 0 Å². The van der Waals surface area contributed by atoms with Crippen LogP contribution in [0, 0.1) is 6.92 Å². The lowest BCUT2D eigenvalue weighted by Gasteiger charge is -2.17. The minimum absolute atomic E-state index is 0.705. The molecule has 4 nitrogen and oxygen atoms in total. The first-order chi connectivity index (χ1) is 8.74. The number of rotatable bonds is 8. The molecule has 0 aromatic carbocycles. The van der Waals surface area contributed by atoms with Gasteiger partial charge in [-0.3, -0.25) is 0 Å². The van der Waals surface area contributed by atoms with Crippen molar-refractivity contribution in [2.24, 2.45) is 0 Å². The molecule has 2 rings (SSSR count). The Morgan fingerprint density at radius 1 is 1.39 bits per heavy atom. The van der Waals surface area contributed by atoms with Crippen LogP contribution >= 0.6 is 0 Å². The molecule has 1 aromatic rings. The summed E-state index contributed by atoms with van der Waals surface area (Å²) in [7, 11) is 0.